The fourth-order valence-electron chi connectivity index (χ4n) is 2.05. The molecular weight excluding hydrogens is 220 g/mol. The fourth-order valence-corrected chi connectivity index (χ4v) is 2.05. The highest BCUT2D eigenvalue weighted by Crippen LogP contribution is 2.30. The Labute approximate surface area is 109 Å². The Hall–Kier alpha value is -1.96. The number of nitrogen functional groups attached to an aromatic ring is 1. The molecule has 0 aromatic heterocycles. The third-order valence-electron chi connectivity index (χ3n) is 3.42. The molecule has 0 aliphatic carbocycles. The second-order valence-corrected chi connectivity index (χ2v) is 4.89. The quantitative estimate of drug-likeness (QED) is 0.805. The molecule has 0 saturated carbocycles. The van der Waals surface area contributed by atoms with Crippen LogP contribution < -0.4 is 10.6 Å². The second kappa shape index (κ2) is 4.73. The summed E-state index contributed by atoms with van der Waals surface area (Å²) in [6.07, 6.45) is 0. The summed E-state index contributed by atoms with van der Waals surface area (Å²) in [5, 5.41) is 0. The average Bonchev–Trinajstić information content (AvgIpc) is 2.32. The highest BCUT2D eigenvalue weighted by atomic mass is 15.1. The molecular formula is C16H20N2. The molecule has 0 heterocycles. The van der Waals surface area contributed by atoms with Gasteiger partial charge in [-0.15, -0.1) is 0 Å². The van der Waals surface area contributed by atoms with Crippen molar-refractivity contribution in [1.82, 2.24) is 0 Å². The van der Waals surface area contributed by atoms with Gasteiger partial charge in [-0.05, 0) is 61.7 Å². The van der Waals surface area contributed by atoms with Crippen molar-refractivity contribution >= 4 is 17.1 Å². The number of aryl methyl sites for hydroxylation is 3. The van der Waals surface area contributed by atoms with Crippen molar-refractivity contribution in [2.75, 3.05) is 17.7 Å². The van der Waals surface area contributed by atoms with Crippen molar-refractivity contribution < 1.29 is 0 Å². The zero-order chi connectivity index (χ0) is 13.3. The monoisotopic (exact) mass is 240 g/mol. The first-order valence-electron chi connectivity index (χ1n) is 6.16. The van der Waals surface area contributed by atoms with E-state index in [2.05, 4.69) is 56.0 Å². The summed E-state index contributed by atoms with van der Waals surface area (Å²) in [6.45, 7) is 6.31. The van der Waals surface area contributed by atoms with Crippen LogP contribution in [-0.4, -0.2) is 7.05 Å². The number of hydrogen-bond donors (Lipinski definition) is 1. The Morgan fingerprint density at radius 2 is 1.61 bits per heavy atom. The number of rotatable bonds is 2. The van der Waals surface area contributed by atoms with Crippen molar-refractivity contribution in [1.29, 1.82) is 0 Å². The van der Waals surface area contributed by atoms with Crippen molar-refractivity contribution in [3.05, 3.63) is 53.1 Å². The van der Waals surface area contributed by atoms with Crippen LogP contribution >= 0.6 is 0 Å². The summed E-state index contributed by atoms with van der Waals surface area (Å²) in [7, 11) is 2.05. The van der Waals surface area contributed by atoms with Gasteiger partial charge in [-0.1, -0.05) is 12.1 Å². The molecule has 2 N–H and O–H groups in total. The Balaban J connectivity index is 2.41. The summed E-state index contributed by atoms with van der Waals surface area (Å²) >= 11 is 0. The normalized spacial score (nSPS) is 10.4. The van der Waals surface area contributed by atoms with Crippen molar-refractivity contribution in [2.24, 2.45) is 0 Å². The molecule has 0 fully saturated rings. The van der Waals surface area contributed by atoms with E-state index in [9.17, 15) is 0 Å². The van der Waals surface area contributed by atoms with E-state index in [4.69, 9.17) is 5.73 Å². The van der Waals surface area contributed by atoms with E-state index in [1.54, 1.807) is 0 Å². The Kier molecular flexibility index (Phi) is 3.28. The van der Waals surface area contributed by atoms with Gasteiger partial charge in [0.15, 0.2) is 0 Å². The Morgan fingerprint density at radius 3 is 2.22 bits per heavy atom. The van der Waals surface area contributed by atoms with Gasteiger partial charge in [0.2, 0.25) is 0 Å². The summed E-state index contributed by atoms with van der Waals surface area (Å²) in [5.41, 5.74) is 12.9. The number of anilines is 3. The molecule has 0 spiro atoms. The SMILES string of the molecule is Cc1ccc(N(C)c2ccc(C)c(C)c2)c(N)c1. The third kappa shape index (κ3) is 2.33. The number of hydrogen-bond acceptors (Lipinski definition) is 2. The molecule has 2 aromatic carbocycles. The van der Waals surface area contributed by atoms with Gasteiger partial charge < -0.3 is 10.6 Å². The van der Waals surface area contributed by atoms with Crippen molar-refractivity contribution in [3.8, 4) is 0 Å². The lowest BCUT2D eigenvalue weighted by molar-refractivity contribution is 1.19. The van der Waals surface area contributed by atoms with Gasteiger partial charge in [-0.3, -0.25) is 0 Å². The minimum atomic E-state index is 0.815. The van der Waals surface area contributed by atoms with E-state index in [1.165, 1.54) is 16.7 Å². The number of nitrogens with two attached hydrogens (primary N) is 1. The van der Waals surface area contributed by atoms with Crippen LogP contribution in [-0.2, 0) is 0 Å². The maximum Gasteiger partial charge on any atom is 0.0641 e. The van der Waals surface area contributed by atoms with E-state index in [-0.39, 0.29) is 0 Å². The van der Waals surface area contributed by atoms with Crippen molar-refractivity contribution in [3.63, 3.8) is 0 Å². The smallest absolute Gasteiger partial charge is 0.0641 e. The fraction of sp³-hybridized carbons (Fsp3) is 0.250. The van der Waals surface area contributed by atoms with E-state index >= 15 is 0 Å². The van der Waals surface area contributed by atoms with Crippen LogP contribution in [0.25, 0.3) is 0 Å². The average molecular weight is 240 g/mol. The van der Waals surface area contributed by atoms with Gasteiger partial charge in [-0.25, -0.2) is 0 Å². The number of benzene rings is 2. The van der Waals surface area contributed by atoms with Crippen LogP contribution in [0.5, 0.6) is 0 Å². The summed E-state index contributed by atoms with van der Waals surface area (Å²) in [6, 6.07) is 12.6. The van der Waals surface area contributed by atoms with Gasteiger partial charge in [-0.2, -0.15) is 0 Å². The van der Waals surface area contributed by atoms with Crippen LogP contribution in [0.1, 0.15) is 16.7 Å². The maximum atomic E-state index is 6.09. The minimum Gasteiger partial charge on any atom is -0.397 e. The molecule has 0 aliphatic heterocycles. The lowest BCUT2D eigenvalue weighted by Crippen LogP contribution is -2.12. The van der Waals surface area contributed by atoms with E-state index in [0.717, 1.165) is 17.1 Å². The Bertz CT molecular complexity index is 573. The first-order chi connectivity index (χ1) is 8.49. The molecule has 2 nitrogen and oxygen atoms in total. The summed E-state index contributed by atoms with van der Waals surface area (Å²) < 4.78 is 0. The summed E-state index contributed by atoms with van der Waals surface area (Å²) in [5.74, 6) is 0. The lowest BCUT2D eigenvalue weighted by Gasteiger charge is -2.22. The van der Waals surface area contributed by atoms with Gasteiger partial charge in [0, 0.05) is 12.7 Å². The molecule has 0 atom stereocenters. The van der Waals surface area contributed by atoms with Crippen LogP contribution in [0, 0.1) is 20.8 Å². The van der Waals surface area contributed by atoms with E-state index in [0.29, 0.717) is 0 Å². The highest BCUT2D eigenvalue weighted by Gasteiger charge is 2.08. The molecule has 0 unspecified atom stereocenters. The first kappa shape index (κ1) is 12.5. The molecule has 2 rings (SSSR count). The molecule has 2 heteroatoms. The van der Waals surface area contributed by atoms with Crippen molar-refractivity contribution in [2.45, 2.75) is 20.8 Å². The van der Waals surface area contributed by atoms with E-state index in [1.807, 2.05) is 13.1 Å². The third-order valence-corrected chi connectivity index (χ3v) is 3.42. The van der Waals surface area contributed by atoms with Gasteiger partial charge in [0.1, 0.15) is 0 Å². The van der Waals surface area contributed by atoms with Gasteiger partial charge in [0.25, 0.3) is 0 Å². The highest BCUT2D eigenvalue weighted by molar-refractivity contribution is 5.75. The topological polar surface area (TPSA) is 29.3 Å². The second-order valence-electron chi connectivity index (χ2n) is 4.89. The van der Waals surface area contributed by atoms with Gasteiger partial charge in [0.05, 0.1) is 11.4 Å². The molecule has 0 amide bonds. The van der Waals surface area contributed by atoms with Gasteiger partial charge >= 0.3 is 0 Å². The van der Waals surface area contributed by atoms with Crippen LogP contribution in [0.15, 0.2) is 36.4 Å². The molecule has 0 saturated heterocycles. The minimum absolute atomic E-state index is 0.815. The van der Waals surface area contributed by atoms with Crippen LogP contribution in [0.4, 0.5) is 17.1 Å². The van der Waals surface area contributed by atoms with Crippen LogP contribution in [0.2, 0.25) is 0 Å². The summed E-state index contributed by atoms with van der Waals surface area (Å²) in [4.78, 5) is 2.13. The maximum absolute atomic E-state index is 6.09. The van der Waals surface area contributed by atoms with Crippen LogP contribution in [0.3, 0.4) is 0 Å². The molecule has 2 aromatic rings. The molecule has 94 valence electrons. The Morgan fingerprint density at radius 1 is 0.889 bits per heavy atom. The van der Waals surface area contributed by atoms with E-state index < -0.39 is 0 Å². The lowest BCUT2D eigenvalue weighted by atomic mass is 10.1. The molecule has 0 radical (unpaired) electrons. The molecule has 0 aliphatic rings. The largest absolute Gasteiger partial charge is 0.397 e. The zero-order valence-corrected chi connectivity index (χ0v) is 11.5. The first-order valence-corrected chi connectivity index (χ1v) is 6.16. The predicted molar refractivity (Wildman–Crippen MR) is 79.6 cm³/mol. The molecule has 0 bridgehead atoms. The zero-order valence-electron chi connectivity index (χ0n) is 11.5. The molecule has 18 heavy (non-hydrogen) atoms. The number of nitrogens with zero attached hydrogens (tertiary/aromatic N) is 1. The standard InChI is InChI=1S/C16H20N2/c1-11-5-8-16(15(17)9-11)18(4)14-7-6-12(2)13(3)10-14/h5-10H,17H2,1-4H3. The predicted octanol–water partition coefficient (Wildman–Crippen LogP) is 3.96.